The molecule has 5 heteroatoms. The Hall–Kier alpha value is -1.93. The second-order valence-corrected chi connectivity index (χ2v) is 3.80. The lowest BCUT2D eigenvalue weighted by Gasteiger charge is -2.10. The third-order valence-electron chi connectivity index (χ3n) is 2.58. The van der Waals surface area contributed by atoms with Crippen LogP contribution in [0.2, 0.25) is 0 Å². The molecular formula is C12H11FN2O2. The van der Waals surface area contributed by atoms with E-state index in [0.717, 1.165) is 12.5 Å². The van der Waals surface area contributed by atoms with Gasteiger partial charge in [-0.05, 0) is 31.0 Å². The van der Waals surface area contributed by atoms with E-state index in [2.05, 4.69) is 5.32 Å². The van der Waals surface area contributed by atoms with Crippen LogP contribution >= 0.6 is 0 Å². The van der Waals surface area contributed by atoms with Crippen LogP contribution in [0.15, 0.2) is 18.2 Å². The highest BCUT2D eigenvalue weighted by Gasteiger charge is 2.23. The molecule has 0 saturated carbocycles. The molecule has 1 atom stereocenters. The van der Waals surface area contributed by atoms with Crippen molar-refractivity contribution >= 4 is 11.6 Å². The van der Waals surface area contributed by atoms with Gasteiger partial charge in [0, 0.05) is 12.3 Å². The van der Waals surface area contributed by atoms with E-state index in [9.17, 15) is 9.18 Å². The zero-order valence-electron chi connectivity index (χ0n) is 9.07. The lowest BCUT2D eigenvalue weighted by atomic mass is 10.2. The molecule has 1 aromatic rings. The Balaban J connectivity index is 2.08. The van der Waals surface area contributed by atoms with Gasteiger partial charge in [0.15, 0.2) is 0 Å². The summed E-state index contributed by atoms with van der Waals surface area (Å²) in [5, 5.41) is 11.3. The van der Waals surface area contributed by atoms with Crippen LogP contribution in [0.25, 0.3) is 0 Å². The highest BCUT2D eigenvalue weighted by Crippen LogP contribution is 2.17. The van der Waals surface area contributed by atoms with Gasteiger partial charge in [-0.1, -0.05) is 0 Å². The van der Waals surface area contributed by atoms with Gasteiger partial charge in [0.1, 0.15) is 18.0 Å². The molecule has 1 aliphatic rings. The molecule has 1 aliphatic heterocycles. The second-order valence-electron chi connectivity index (χ2n) is 3.80. The maximum Gasteiger partial charge on any atom is 0.253 e. The normalized spacial score (nSPS) is 18.7. The molecule has 1 aromatic carbocycles. The summed E-state index contributed by atoms with van der Waals surface area (Å²) in [7, 11) is 0. The molecule has 0 bridgehead atoms. The van der Waals surface area contributed by atoms with Crippen LogP contribution in [0.3, 0.4) is 0 Å². The topological polar surface area (TPSA) is 62.1 Å². The predicted octanol–water partition coefficient (Wildman–Crippen LogP) is 1.81. The third-order valence-corrected chi connectivity index (χ3v) is 2.58. The van der Waals surface area contributed by atoms with Crippen LogP contribution in [0.4, 0.5) is 10.1 Å². The van der Waals surface area contributed by atoms with Gasteiger partial charge < -0.3 is 10.1 Å². The van der Waals surface area contributed by atoms with Gasteiger partial charge in [0.05, 0.1) is 5.56 Å². The van der Waals surface area contributed by atoms with Crippen LogP contribution < -0.4 is 5.32 Å². The number of nitriles is 1. The summed E-state index contributed by atoms with van der Waals surface area (Å²) in [5.74, 6) is -0.847. The maximum atomic E-state index is 13.0. The first-order chi connectivity index (χ1) is 8.20. The van der Waals surface area contributed by atoms with Crippen molar-refractivity contribution < 1.29 is 13.9 Å². The quantitative estimate of drug-likeness (QED) is 0.848. The first-order valence-corrected chi connectivity index (χ1v) is 5.33. The highest BCUT2D eigenvalue weighted by molar-refractivity contribution is 5.94. The summed E-state index contributed by atoms with van der Waals surface area (Å²) < 4.78 is 18.3. The monoisotopic (exact) mass is 234 g/mol. The molecule has 88 valence electrons. The van der Waals surface area contributed by atoms with Gasteiger partial charge in [0.2, 0.25) is 0 Å². The standard InChI is InChI=1S/C12H11FN2O2/c13-10-4-3-9(6-8(10)7-14)15-12(16)11-2-1-5-17-11/h3-4,6,11H,1-2,5H2,(H,15,16). The number of carbonyl (C=O) groups excluding carboxylic acids is 1. The number of anilines is 1. The molecule has 0 spiro atoms. The number of nitrogens with one attached hydrogen (secondary N) is 1. The molecule has 0 radical (unpaired) electrons. The smallest absolute Gasteiger partial charge is 0.253 e. The van der Waals surface area contributed by atoms with Crippen LogP contribution in [0.5, 0.6) is 0 Å². The number of halogens is 1. The summed E-state index contributed by atoms with van der Waals surface area (Å²) in [5.41, 5.74) is 0.318. The summed E-state index contributed by atoms with van der Waals surface area (Å²) in [6.07, 6.45) is 1.12. The van der Waals surface area contributed by atoms with Gasteiger partial charge in [-0.15, -0.1) is 0 Å². The van der Waals surface area contributed by atoms with E-state index in [1.807, 2.05) is 0 Å². The number of carbonyl (C=O) groups is 1. The predicted molar refractivity (Wildman–Crippen MR) is 58.7 cm³/mol. The zero-order chi connectivity index (χ0) is 12.3. The van der Waals surface area contributed by atoms with Crippen molar-refractivity contribution in [2.45, 2.75) is 18.9 Å². The second kappa shape index (κ2) is 4.93. The van der Waals surface area contributed by atoms with Crippen LogP contribution in [0.1, 0.15) is 18.4 Å². The van der Waals surface area contributed by atoms with E-state index in [-0.39, 0.29) is 11.5 Å². The van der Waals surface area contributed by atoms with Gasteiger partial charge in [-0.2, -0.15) is 5.26 Å². The van der Waals surface area contributed by atoms with Crippen LogP contribution in [-0.2, 0) is 9.53 Å². The van der Waals surface area contributed by atoms with Crippen molar-refractivity contribution in [2.75, 3.05) is 11.9 Å². The van der Waals surface area contributed by atoms with Crippen molar-refractivity contribution in [3.63, 3.8) is 0 Å². The van der Waals surface area contributed by atoms with Crippen LogP contribution in [0, 0.1) is 17.1 Å². The Bertz CT molecular complexity index is 476. The van der Waals surface area contributed by atoms with Crippen molar-refractivity contribution in [1.82, 2.24) is 0 Å². The summed E-state index contributed by atoms with van der Waals surface area (Å²) in [6, 6.07) is 5.60. The fourth-order valence-corrected chi connectivity index (χ4v) is 1.70. The molecular weight excluding hydrogens is 223 g/mol. The Morgan fingerprint density at radius 1 is 1.59 bits per heavy atom. The van der Waals surface area contributed by atoms with Gasteiger partial charge in [-0.3, -0.25) is 4.79 Å². The molecule has 2 rings (SSSR count). The number of hydrogen-bond donors (Lipinski definition) is 1. The zero-order valence-corrected chi connectivity index (χ0v) is 9.07. The molecule has 0 aliphatic carbocycles. The first-order valence-electron chi connectivity index (χ1n) is 5.33. The van der Waals surface area contributed by atoms with E-state index >= 15 is 0 Å². The number of benzene rings is 1. The summed E-state index contributed by atoms with van der Waals surface area (Å²) in [6.45, 7) is 0.588. The molecule has 4 nitrogen and oxygen atoms in total. The lowest BCUT2D eigenvalue weighted by molar-refractivity contribution is -0.124. The van der Waals surface area contributed by atoms with Crippen molar-refractivity contribution in [1.29, 1.82) is 5.26 Å². The Labute approximate surface area is 98.0 Å². The summed E-state index contributed by atoms with van der Waals surface area (Å²) >= 11 is 0. The minimum Gasteiger partial charge on any atom is -0.368 e. The van der Waals surface area contributed by atoms with Gasteiger partial charge in [-0.25, -0.2) is 4.39 Å². The fourth-order valence-electron chi connectivity index (χ4n) is 1.70. The number of rotatable bonds is 2. The minimum absolute atomic E-state index is 0.0878. The number of hydrogen-bond acceptors (Lipinski definition) is 3. The molecule has 1 saturated heterocycles. The average molecular weight is 234 g/mol. The average Bonchev–Trinajstić information content (AvgIpc) is 2.85. The van der Waals surface area contributed by atoms with E-state index < -0.39 is 11.9 Å². The minimum atomic E-state index is -0.595. The van der Waals surface area contributed by atoms with Gasteiger partial charge >= 0.3 is 0 Å². The van der Waals surface area contributed by atoms with E-state index in [1.54, 1.807) is 6.07 Å². The van der Waals surface area contributed by atoms with Crippen molar-refractivity contribution in [3.8, 4) is 6.07 Å². The third kappa shape index (κ3) is 2.60. The largest absolute Gasteiger partial charge is 0.368 e. The maximum absolute atomic E-state index is 13.0. The molecule has 1 fully saturated rings. The Kier molecular flexibility index (Phi) is 3.35. The van der Waals surface area contributed by atoms with E-state index in [1.165, 1.54) is 12.1 Å². The Morgan fingerprint density at radius 3 is 3.06 bits per heavy atom. The van der Waals surface area contributed by atoms with E-state index in [4.69, 9.17) is 10.00 Å². The summed E-state index contributed by atoms with van der Waals surface area (Å²) in [4.78, 5) is 11.7. The van der Waals surface area contributed by atoms with Crippen LogP contribution in [-0.4, -0.2) is 18.6 Å². The molecule has 0 aromatic heterocycles. The van der Waals surface area contributed by atoms with E-state index in [0.29, 0.717) is 18.7 Å². The fraction of sp³-hybridized carbons (Fsp3) is 0.333. The molecule has 17 heavy (non-hydrogen) atoms. The highest BCUT2D eigenvalue weighted by atomic mass is 19.1. The molecule has 1 heterocycles. The molecule has 1 N–H and O–H groups in total. The lowest BCUT2D eigenvalue weighted by Crippen LogP contribution is -2.26. The number of amides is 1. The van der Waals surface area contributed by atoms with Crippen molar-refractivity contribution in [3.05, 3.63) is 29.6 Å². The number of ether oxygens (including phenoxy) is 1. The van der Waals surface area contributed by atoms with Crippen molar-refractivity contribution in [2.24, 2.45) is 0 Å². The van der Waals surface area contributed by atoms with Gasteiger partial charge in [0.25, 0.3) is 5.91 Å². The molecule has 1 amide bonds. The molecule has 1 unspecified atom stereocenters. The number of nitrogens with zero attached hydrogens (tertiary/aromatic N) is 1. The Morgan fingerprint density at radius 2 is 2.41 bits per heavy atom. The first kappa shape index (κ1) is 11.6. The SMILES string of the molecule is N#Cc1cc(NC(=O)C2CCCO2)ccc1F.